The number of rotatable bonds is 5. The normalized spacial score (nSPS) is 12.2. The van der Waals surface area contributed by atoms with E-state index in [0.29, 0.717) is 22.2 Å². The van der Waals surface area contributed by atoms with Crippen LogP contribution in [0.15, 0.2) is 35.0 Å². The quantitative estimate of drug-likeness (QED) is 0.663. The highest BCUT2D eigenvalue weighted by molar-refractivity contribution is 5.95. The minimum atomic E-state index is -1.18. The van der Waals surface area contributed by atoms with Crippen LogP contribution in [0.4, 0.5) is 4.39 Å². The van der Waals surface area contributed by atoms with E-state index in [2.05, 4.69) is 15.5 Å². The molecule has 2 aromatic heterocycles. The summed E-state index contributed by atoms with van der Waals surface area (Å²) in [5, 5.41) is 16.0. The maximum absolute atomic E-state index is 13.2. The van der Waals surface area contributed by atoms with Crippen molar-refractivity contribution in [1.82, 2.24) is 15.5 Å². The summed E-state index contributed by atoms with van der Waals surface area (Å²) < 4.78 is 18.0. The number of nitrogens with zero attached hydrogens (tertiary/aromatic N) is 1. The smallest absolute Gasteiger partial charge is 0.326 e. The number of benzene rings is 1. The fraction of sp³-hybridized carbons (Fsp3) is 0.188. The Morgan fingerprint density at radius 1 is 1.42 bits per heavy atom. The van der Waals surface area contributed by atoms with E-state index in [9.17, 15) is 19.1 Å². The molecule has 0 saturated carbocycles. The second-order valence-corrected chi connectivity index (χ2v) is 5.40. The first-order chi connectivity index (χ1) is 11.4. The van der Waals surface area contributed by atoms with Crippen molar-refractivity contribution in [3.63, 3.8) is 0 Å². The molecule has 1 atom stereocenters. The van der Waals surface area contributed by atoms with Crippen LogP contribution in [0, 0.1) is 12.7 Å². The molecule has 124 valence electrons. The SMILES string of the molecule is Cc1cc(C(=O)NC(Cc2c[nH]c3cc(F)ccc23)C(=O)O)no1. The van der Waals surface area contributed by atoms with Gasteiger partial charge in [-0.25, -0.2) is 9.18 Å². The molecule has 7 nitrogen and oxygen atoms in total. The highest BCUT2D eigenvalue weighted by atomic mass is 19.1. The van der Waals surface area contributed by atoms with Crippen LogP contribution >= 0.6 is 0 Å². The summed E-state index contributed by atoms with van der Waals surface area (Å²) in [5.41, 5.74) is 1.24. The largest absolute Gasteiger partial charge is 0.480 e. The van der Waals surface area contributed by atoms with Crippen LogP contribution in [0.2, 0.25) is 0 Å². The number of aliphatic carboxylic acids is 1. The number of carboxylic acids is 1. The number of carbonyl (C=O) groups is 2. The average molecular weight is 331 g/mol. The lowest BCUT2D eigenvalue weighted by molar-refractivity contribution is -0.139. The monoisotopic (exact) mass is 331 g/mol. The Kier molecular flexibility index (Phi) is 4.03. The standard InChI is InChI=1S/C16H14FN3O4/c1-8-4-13(20-24-8)15(21)19-14(16(22)23)5-9-7-18-12-6-10(17)2-3-11(9)12/h2-4,6-7,14,18H,5H2,1H3,(H,19,21)(H,22,23). The van der Waals surface area contributed by atoms with Crippen LogP contribution in [-0.2, 0) is 11.2 Å². The molecule has 1 aromatic carbocycles. The number of carbonyl (C=O) groups excluding carboxylic acids is 1. The van der Waals surface area contributed by atoms with Crippen molar-refractivity contribution >= 4 is 22.8 Å². The van der Waals surface area contributed by atoms with Gasteiger partial charge < -0.3 is 19.9 Å². The van der Waals surface area contributed by atoms with Crippen LogP contribution in [-0.4, -0.2) is 33.2 Å². The first-order valence-electron chi connectivity index (χ1n) is 7.16. The van der Waals surface area contributed by atoms with E-state index >= 15 is 0 Å². The minimum Gasteiger partial charge on any atom is -0.480 e. The van der Waals surface area contributed by atoms with Crippen molar-refractivity contribution in [2.45, 2.75) is 19.4 Å². The summed E-state index contributed by atoms with van der Waals surface area (Å²) in [7, 11) is 0. The molecule has 0 aliphatic carbocycles. The summed E-state index contributed by atoms with van der Waals surface area (Å²) >= 11 is 0. The van der Waals surface area contributed by atoms with E-state index in [0.717, 1.165) is 0 Å². The molecule has 3 aromatic rings. The Balaban J connectivity index is 1.80. The second-order valence-electron chi connectivity index (χ2n) is 5.40. The third-order valence-electron chi connectivity index (χ3n) is 3.62. The molecule has 0 saturated heterocycles. The van der Waals surface area contributed by atoms with E-state index in [1.54, 1.807) is 19.2 Å². The molecule has 0 aliphatic heterocycles. The lowest BCUT2D eigenvalue weighted by atomic mass is 10.0. The maximum atomic E-state index is 13.2. The van der Waals surface area contributed by atoms with Crippen LogP contribution in [0.25, 0.3) is 10.9 Å². The van der Waals surface area contributed by atoms with Crippen LogP contribution in [0.5, 0.6) is 0 Å². The van der Waals surface area contributed by atoms with Crippen molar-refractivity contribution in [1.29, 1.82) is 0 Å². The van der Waals surface area contributed by atoms with Gasteiger partial charge in [0.1, 0.15) is 17.6 Å². The van der Waals surface area contributed by atoms with Crippen molar-refractivity contribution in [2.75, 3.05) is 0 Å². The molecule has 0 spiro atoms. The summed E-state index contributed by atoms with van der Waals surface area (Å²) in [6.07, 6.45) is 1.65. The molecular formula is C16H14FN3O4. The summed E-state index contributed by atoms with van der Waals surface area (Å²) in [5.74, 6) is -1.75. The minimum absolute atomic E-state index is 0.0137. The van der Waals surface area contributed by atoms with Gasteiger partial charge in [0.2, 0.25) is 0 Å². The number of aryl methyl sites for hydroxylation is 1. The van der Waals surface area contributed by atoms with E-state index in [4.69, 9.17) is 4.52 Å². The van der Waals surface area contributed by atoms with Crippen molar-refractivity contribution in [3.05, 3.63) is 53.3 Å². The van der Waals surface area contributed by atoms with Crippen LogP contribution in [0.3, 0.4) is 0 Å². The van der Waals surface area contributed by atoms with Gasteiger partial charge in [-0.3, -0.25) is 4.79 Å². The summed E-state index contributed by atoms with van der Waals surface area (Å²) in [6, 6.07) is 4.46. The molecule has 0 aliphatic rings. The Hall–Kier alpha value is -3.16. The topological polar surface area (TPSA) is 108 Å². The number of amides is 1. The molecule has 3 N–H and O–H groups in total. The highest BCUT2D eigenvalue weighted by Gasteiger charge is 2.24. The molecule has 1 unspecified atom stereocenters. The molecule has 1 amide bonds. The third kappa shape index (κ3) is 3.12. The number of hydrogen-bond acceptors (Lipinski definition) is 4. The fourth-order valence-corrected chi connectivity index (χ4v) is 2.45. The molecule has 0 fully saturated rings. The van der Waals surface area contributed by atoms with Gasteiger partial charge in [-0.2, -0.15) is 0 Å². The number of nitrogens with one attached hydrogen (secondary N) is 2. The van der Waals surface area contributed by atoms with Crippen LogP contribution in [0.1, 0.15) is 21.8 Å². The van der Waals surface area contributed by atoms with Gasteiger partial charge >= 0.3 is 5.97 Å². The maximum Gasteiger partial charge on any atom is 0.326 e. The van der Waals surface area contributed by atoms with E-state index in [-0.39, 0.29) is 17.9 Å². The van der Waals surface area contributed by atoms with Gasteiger partial charge in [0.15, 0.2) is 5.69 Å². The van der Waals surface area contributed by atoms with E-state index < -0.39 is 17.9 Å². The zero-order valence-corrected chi connectivity index (χ0v) is 12.7. The predicted octanol–water partition coefficient (Wildman–Crippen LogP) is 2.03. The molecule has 2 heterocycles. The lowest BCUT2D eigenvalue weighted by Crippen LogP contribution is -2.42. The number of aromatic nitrogens is 2. The number of fused-ring (bicyclic) bond motifs is 1. The highest BCUT2D eigenvalue weighted by Crippen LogP contribution is 2.20. The molecule has 3 rings (SSSR count). The Labute approximate surface area is 135 Å². The van der Waals surface area contributed by atoms with Gasteiger partial charge in [0.05, 0.1) is 0 Å². The zero-order chi connectivity index (χ0) is 17.3. The van der Waals surface area contributed by atoms with Gasteiger partial charge in [0.25, 0.3) is 5.91 Å². The first-order valence-corrected chi connectivity index (χ1v) is 7.16. The fourth-order valence-electron chi connectivity index (χ4n) is 2.45. The average Bonchev–Trinajstić information content (AvgIpc) is 3.12. The summed E-state index contributed by atoms with van der Waals surface area (Å²) in [4.78, 5) is 26.4. The Morgan fingerprint density at radius 3 is 2.88 bits per heavy atom. The lowest BCUT2D eigenvalue weighted by Gasteiger charge is -2.13. The van der Waals surface area contributed by atoms with E-state index in [1.807, 2.05) is 0 Å². The molecule has 0 bridgehead atoms. The molecule has 8 heteroatoms. The molecular weight excluding hydrogens is 317 g/mol. The number of aromatic amines is 1. The number of hydrogen-bond donors (Lipinski definition) is 3. The predicted molar refractivity (Wildman–Crippen MR) is 82.1 cm³/mol. The molecule has 0 radical (unpaired) electrons. The van der Waals surface area contributed by atoms with Crippen molar-refractivity contribution in [2.24, 2.45) is 0 Å². The first kappa shape index (κ1) is 15.7. The Morgan fingerprint density at radius 2 is 2.21 bits per heavy atom. The third-order valence-corrected chi connectivity index (χ3v) is 3.62. The second kappa shape index (κ2) is 6.15. The van der Waals surface area contributed by atoms with Crippen LogP contribution < -0.4 is 5.32 Å². The van der Waals surface area contributed by atoms with Crippen molar-refractivity contribution < 1.29 is 23.6 Å². The Bertz CT molecular complexity index is 915. The van der Waals surface area contributed by atoms with Gasteiger partial charge in [-0.1, -0.05) is 5.16 Å². The van der Waals surface area contributed by atoms with E-state index in [1.165, 1.54) is 18.2 Å². The molecule has 24 heavy (non-hydrogen) atoms. The number of halogens is 1. The summed E-state index contributed by atoms with van der Waals surface area (Å²) in [6.45, 7) is 1.63. The van der Waals surface area contributed by atoms with Gasteiger partial charge in [0, 0.05) is 29.6 Å². The zero-order valence-electron chi connectivity index (χ0n) is 12.7. The van der Waals surface area contributed by atoms with Gasteiger partial charge in [-0.15, -0.1) is 0 Å². The van der Waals surface area contributed by atoms with Crippen molar-refractivity contribution in [3.8, 4) is 0 Å². The van der Waals surface area contributed by atoms with Gasteiger partial charge in [-0.05, 0) is 30.7 Å². The number of H-pyrrole nitrogens is 1. The number of carboxylic acid groups (broad SMARTS) is 1.